The van der Waals surface area contributed by atoms with E-state index in [-0.39, 0.29) is 6.10 Å². The first-order chi connectivity index (χ1) is 14.8. The van der Waals surface area contributed by atoms with Crippen molar-refractivity contribution in [2.45, 2.75) is 125 Å². The number of allylic oxidation sites excluding steroid dienone is 1. The fourth-order valence-corrected chi connectivity index (χ4v) is 10.6. The Hall–Kier alpha value is -0.300. The van der Waals surface area contributed by atoms with Gasteiger partial charge in [-0.05, 0) is 127 Å². The van der Waals surface area contributed by atoms with Gasteiger partial charge in [-0.15, -0.1) is 0 Å². The fourth-order valence-electron chi connectivity index (χ4n) is 10.6. The zero-order chi connectivity index (χ0) is 23.3. The van der Waals surface area contributed by atoms with Crippen LogP contribution in [-0.2, 0) is 0 Å². The molecular weight excluding hydrogens is 388 g/mol. The highest BCUT2D eigenvalue weighted by molar-refractivity contribution is 5.31. The van der Waals surface area contributed by atoms with Crippen molar-refractivity contribution in [1.29, 1.82) is 0 Å². The van der Waals surface area contributed by atoms with Crippen molar-refractivity contribution in [3.63, 3.8) is 0 Å². The summed E-state index contributed by atoms with van der Waals surface area (Å²) in [5.74, 6) is 3.68. The van der Waals surface area contributed by atoms with Gasteiger partial charge in [-0.1, -0.05) is 60.6 Å². The minimum Gasteiger partial charge on any atom is -0.393 e. The minimum absolute atomic E-state index is 0.0430. The van der Waals surface area contributed by atoms with Crippen LogP contribution in [-0.4, -0.2) is 11.2 Å². The second-order valence-electron chi connectivity index (χ2n) is 14.9. The molecule has 5 aliphatic rings. The van der Waals surface area contributed by atoms with Crippen LogP contribution in [0.5, 0.6) is 0 Å². The Kier molecular flexibility index (Phi) is 5.21. The molecule has 1 nitrogen and oxygen atoms in total. The van der Waals surface area contributed by atoms with Gasteiger partial charge >= 0.3 is 0 Å². The molecule has 0 aromatic carbocycles. The Bertz CT molecular complexity index is 779. The van der Waals surface area contributed by atoms with Crippen LogP contribution < -0.4 is 0 Å². The molecule has 5 fully saturated rings. The quantitative estimate of drug-likeness (QED) is 0.425. The van der Waals surface area contributed by atoms with E-state index in [2.05, 4.69) is 48.5 Å². The molecule has 1 N–H and O–H groups in total. The third kappa shape index (κ3) is 2.79. The summed E-state index contributed by atoms with van der Waals surface area (Å²) in [5, 5.41) is 10.6. The lowest BCUT2D eigenvalue weighted by atomic mass is 9.43. The Morgan fingerprint density at radius 3 is 2.38 bits per heavy atom. The van der Waals surface area contributed by atoms with Crippen molar-refractivity contribution in [1.82, 2.24) is 0 Å². The fraction of sp³-hybridized carbons (Fsp3) is 0.935. The van der Waals surface area contributed by atoms with Crippen molar-refractivity contribution >= 4 is 0 Å². The first-order valence-electron chi connectivity index (χ1n) is 14.2. The Labute approximate surface area is 199 Å². The Morgan fingerprint density at radius 2 is 1.69 bits per heavy atom. The molecule has 0 saturated heterocycles. The maximum absolute atomic E-state index is 10.6. The van der Waals surface area contributed by atoms with Crippen LogP contribution in [0.4, 0.5) is 0 Å². The van der Waals surface area contributed by atoms with Gasteiger partial charge in [0.2, 0.25) is 0 Å². The zero-order valence-electron chi connectivity index (χ0n) is 22.4. The predicted molar refractivity (Wildman–Crippen MR) is 135 cm³/mol. The lowest BCUT2D eigenvalue weighted by Crippen LogP contribution is -2.55. The van der Waals surface area contributed by atoms with E-state index in [9.17, 15) is 5.11 Å². The van der Waals surface area contributed by atoms with Crippen LogP contribution >= 0.6 is 0 Å². The summed E-state index contributed by atoms with van der Waals surface area (Å²) in [6, 6.07) is 0. The highest BCUT2D eigenvalue weighted by atomic mass is 16.3. The maximum Gasteiger partial charge on any atom is 0.0568 e. The smallest absolute Gasteiger partial charge is 0.0568 e. The summed E-state index contributed by atoms with van der Waals surface area (Å²) < 4.78 is 0. The third-order valence-corrected chi connectivity index (χ3v) is 13.8. The maximum atomic E-state index is 10.6. The van der Waals surface area contributed by atoms with Gasteiger partial charge in [-0.2, -0.15) is 0 Å². The van der Waals surface area contributed by atoms with Gasteiger partial charge in [0.05, 0.1) is 6.10 Å². The number of hydrogen-bond acceptors (Lipinski definition) is 1. The van der Waals surface area contributed by atoms with E-state index in [0.717, 1.165) is 30.1 Å². The molecule has 32 heavy (non-hydrogen) atoms. The van der Waals surface area contributed by atoms with Crippen LogP contribution in [0, 0.1) is 56.7 Å². The third-order valence-electron chi connectivity index (χ3n) is 13.8. The zero-order valence-corrected chi connectivity index (χ0v) is 22.4. The van der Waals surface area contributed by atoms with E-state index in [1.165, 1.54) is 64.2 Å². The monoisotopic (exact) mass is 440 g/mol. The van der Waals surface area contributed by atoms with Crippen LogP contribution in [0.25, 0.3) is 0 Å². The Balaban J connectivity index is 1.37. The highest BCUT2D eigenvalue weighted by Gasteiger charge is 2.81. The molecular formula is C31H52O. The summed E-state index contributed by atoms with van der Waals surface area (Å²) in [5.41, 5.74) is 4.13. The first kappa shape index (κ1) is 23.4. The molecule has 0 aromatic heterocycles. The van der Waals surface area contributed by atoms with Crippen LogP contribution in [0.3, 0.4) is 0 Å². The number of aliphatic hydroxyl groups is 1. The molecule has 0 aromatic rings. The number of rotatable bonds is 5. The van der Waals surface area contributed by atoms with Gasteiger partial charge in [0.15, 0.2) is 0 Å². The van der Waals surface area contributed by atoms with Gasteiger partial charge in [-0.3, -0.25) is 0 Å². The van der Waals surface area contributed by atoms with Crippen molar-refractivity contribution in [3.05, 3.63) is 12.2 Å². The van der Waals surface area contributed by atoms with E-state index in [1.54, 1.807) is 5.57 Å². The summed E-state index contributed by atoms with van der Waals surface area (Å²) in [7, 11) is 0. The van der Waals surface area contributed by atoms with Gasteiger partial charge in [0.1, 0.15) is 0 Å². The van der Waals surface area contributed by atoms with Crippen LogP contribution in [0.15, 0.2) is 12.2 Å². The van der Waals surface area contributed by atoms with E-state index in [1.807, 2.05) is 0 Å². The molecule has 9 atom stereocenters. The van der Waals surface area contributed by atoms with Gasteiger partial charge in [0, 0.05) is 0 Å². The van der Waals surface area contributed by atoms with E-state index in [0.29, 0.717) is 33.0 Å². The molecule has 5 aliphatic carbocycles. The van der Waals surface area contributed by atoms with Crippen LogP contribution in [0.1, 0.15) is 119 Å². The standard InChI is InChI=1S/C31H52O/c1-20(2)27(5,6)14-11-21(3)23-12-15-29(8)26-10-9-24-22(4)25(32)13-16-30(24)19-31(26,30)18-17-28(23,29)7/h20,22-26,32H,3,9-19H2,1-2,4-8H3/t22-,23+,24-,25-,26-,28+,29-,30+,31-/m0/s1. The lowest BCUT2D eigenvalue weighted by molar-refractivity contribution is -0.136. The second kappa shape index (κ2) is 7.11. The molecule has 0 heterocycles. The van der Waals surface area contributed by atoms with E-state index in [4.69, 9.17) is 6.58 Å². The van der Waals surface area contributed by atoms with Crippen molar-refractivity contribution < 1.29 is 5.11 Å². The summed E-state index contributed by atoms with van der Waals surface area (Å²) in [6.45, 7) is 22.2. The van der Waals surface area contributed by atoms with Gasteiger partial charge in [-0.25, -0.2) is 0 Å². The topological polar surface area (TPSA) is 20.2 Å². The number of fused-ring (bicyclic) bond motifs is 2. The molecule has 5 rings (SSSR count). The molecule has 182 valence electrons. The molecule has 5 saturated carbocycles. The summed E-state index contributed by atoms with van der Waals surface area (Å²) in [4.78, 5) is 0. The van der Waals surface area contributed by atoms with Crippen molar-refractivity contribution in [3.8, 4) is 0 Å². The number of hydrogen-bond donors (Lipinski definition) is 1. The lowest BCUT2D eigenvalue weighted by Gasteiger charge is -2.62. The van der Waals surface area contributed by atoms with Crippen LogP contribution in [0.2, 0.25) is 0 Å². The van der Waals surface area contributed by atoms with E-state index < -0.39 is 0 Å². The molecule has 1 heteroatoms. The average Bonchev–Trinajstić information content (AvgIpc) is 3.32. The van der Waals surface area contributed by atoms with E-state index >= 15 is 0 Å². The minimum atomic E-state index is -0.0430. The molecule has 0 aliphatic heterocycles. The Morgan fingerprint density at radius 1 is 0.969 bits per heavy atom. The molecule has 2 spiro atoms. The highest BCUT2D eigenvalue weighted by Crippen LogP contribution is 2.88. The second-order valence-corrected chi connectivity index (χ2v) is 14.9. The largest absolute Gasteiger partial charge is 0.393 e. The number of aliphatic hydroxyl groups excluding tert-OH is 1. The first-order valence-corrected chi connectivity index (χ1v) is 14.2. The summed E-state index contributed by atoms with van der Waals surface area (Å²) in [6.07, 6.45) is 14.8. The SMILES string of the molecule is C=C(CCC(C)(C)C(C)C)[C@H]1CC[C@@]2(C)[C@@H]3CC[C@H]4[C@H](C)[C@@H](O)CC[C@@]45C[C@@]35CC[C@]12C. The predicted octanol–water partition coefficient (Wildman–Crippen LogP) is 8.41. The van der Waals surface area contributed by atoms with Gasteiger partial charge < -0.3 is 5.11 Å². The van der Waals surface area contributed by atoms with Crippen molar-refractivity contribution in [2.24, 2.45) is 56.7 Å². The molecule has 0 bridgehead atoms. The summed E-state index contributed by atoms with van der Waals surface area (Å²) >= 11 is 0. The molecule has 0 amide bonds. The van der Waals surface area contributed by atoms with Crippen molar-refractivity contribution in [2.75, 3.05) is 0 Å². The van der Waals surface area contributed by atoms with Gasteiger partial charge in [0.25, 0.3) is 0 Å². The molecule has 0 unspecified atom stereocenters. The molecule has 0 radical (unpaired) electrons. The average molecular weight is 441 g/mol. The normalized spacial score (nSPS) is 52.1.